The van der Waals surface area contributed by atoms with Crippen LogP contribution in [0.2, 0.25) is 0 Å². The summed E-state index contributed by atoms with van der Waals surface area (Å²) in [6.45, 7) is 0. The first-order valence-corrected chi connectivity index (χ1v) is 6.89. The quantitative estimate of drug-likeness (QED) is 0.586. The average Bonchev–Trinajstić information content (AvgIpc) is 2.86. The summed E-state index contributed by atoms with van der Waals surface area (Å²) in [7, 11) is 1.57. The second kappa shape index (κ2) is 6.00. The summed E-state index contributed by atoms with van der Waals surface area (Å²) in [6, 6.07) is 12.6. The van der Waals surface area contributed by atoms with Crippen LogP contribution in [-0.4, -0.2) is 16.7 Å². The van der Waals surface area contributed by atoms with Crippen molar-refractivity contribution in [2.75, 3.05) is 0 Å². The van der Waals surface area contributed by atoms with Gasteiger partial charge in [0.2, 0.25) is 0 Å². The highest BCUT2D eigenvalue weighted by molar-refractivity contribution is 5.99. The fourth-order valence-electron chi connectivity index (χ4n) is 2.33. The standard InChI is InChI=1S/C17H13F2N3O/c1-22-15-8-12(18)7-14(19)13(15)9-16(22)17(23)21-20-10-11-5-3-2-4-6-11/h2-10H,1H3,(H,21,23)/b20-10+. The van der Waals surface area contributed by atoms with Crippen LogP contribution in [0.1, 0.15) is 16.1 Å². The smallest absolute Gasteiger partial charge is 0.287 e. The lowest BCUT2D eigenvalue weighted by molar-refractivity contribution is 0.0947. The van der Waals surface area contributed by atoms with Crippen LogP contribution in [0.4, 0.5) is 8.78 Å². The van der Waals surface area contributed by atoms with E-state index >= 15 is 0 Å². The Bertz CT molecular complexity index is 901. The number of nitrogens with one attached hydrogen (secondary N) is 1. The minimum atomic E-state index is -0.706. The first-order valence-electron chi connectivity index (χ1n) is 6.89. The van der Waals surface area contributed by atoms with Crippen molar-refractivity contribution in [2.24, 2.45) is 12.1 Å². The number of hydrogen-bond donors (Lipinski definition) is 1. The lowest BCUT2D eigenvalue weighted by atomic mass is 10.2. The Hall–Kier alpha value is -3.02. The Labute approximate surface area is 131 Å². The van der Waals surface area contributed by atoms with Crippen LogP contribution >= 0.6 is 0 Å². The number of benzene rings is 2. The zero-order valence-electron chi connectivity index (χ0n) is 12.3. The molecule has 3 aromatic rings. The monoisotopic (exact) mass is 313 g/mol. The second-order valence-corrected chi connectivity index (χ2v) is 5.02. The van der Waals surface area contributed by atoms with Crippen molar-refractivity contribution in [1.29, 1.82) is 0 Å². The number of fused-ring (bicyclic) bond motifs is 1. The van der Waals surface area contributed by atoms with E-state index in [0.29, 0.717) is 5.52 Å². The summed E-state index contributed by atoms with van der Waals surface area (Å²) in [4.78, 5) is 12.2. The molecule has 116 valence electrons. The number of hydrogen-bond acceptors (Lipinski definition) is 2. The van der Waals surface area contributed by atoms with Gasteiger partial charge in [0, 0.05) is 18.5 Å². The molecule has 0 unspecified atom stereocenters. The third-order valence-electron chi connectivity index (χ3n) is 3.49. The van der Waals surface area contributed by atoms with Crippen LogP contribution in [0.3, 0.4) is 0 Å². The minimum Gasteiger partial charge on any atom is -0.339 e. The SMILES string of the molecule is Cn1c(C(=O)N/N=C/c2ccccc2)cc2c(F)cc(F)cc21. The van der Waals surface area contributed by atoms with Crippen LogP contribution in [0.25, 0.3) is 10.9 Å². The predicted molar refractivity (Wildman–Crippen MR) is 84.3 cm³/mol. The number of aryl methyl sites for hydroxylation is 1. The third kappa shape index (κ3) is 2.96. The van der Waals surface area contributed by atoms with Gasteiger partial charge in [-0.05, 0) is 17.7 Å². The summed E-state index contributed by atoms with van der Waals surface area (Å²) in [6.07, 6.45) is 1.50. The van der Waals surface area contributed by atoms with Gasteiger partial charge in [0.25, 0.3) is 5.91 Å². The second-order valence-electron chi connectivity index (χ2n) is 5.02. The van der Waals surface area contributed by atoms with E-state index in [9.17, 15) is 13.6 Å². The molecule has 0 spiro atoms. The molecule has 23 heavy (non-hydrogen) atoms. The van der Waals surface area contributed by atoms with Crippen molar-refractivity contribution in [2.45, 2.75) is 0 Å². The zero-order valence-corrected chi connectivity index (χ0v) is 12.3. The molecular weight excluding hydrogens is 300 g/mol. The molecule has 0 saturated carbocycles. The highest BCUT2D eigenvalue weighted by Gasteiger charge is 2.16. The average molecular weight is 313 g/mol. The van der Waals surface area contributed by atoms with Crippen LogP contribution in [0.15, 0.2) is 53.6 Å². The summed E-state index contributed by atoms with van der Waals surface area (Å²) < 4.78 is 28.5. The summed E-state index contributed by atoms with van der Waals surface area (Å²) in [5.74, 6) is -1.90. The molecule has 1 aromatic heterocycles. The molecule has 0 fully saturated rings. The molecule has 3 rings (SSSR count). The number of hydrazone groups is 1. The van der Waals surface area contributed by atoms with Gasteiger partial charge < -0.3 is 4.57 Å². The molecule has 1 amide bonds. The van der Waals surface area contributed by atoms with E-state index in [1.807, 2.05) is 30.3 Å². The fourth-order valence-corrected chi connectivity index (χ4v) is 2.33. The van der Waals surface area contributed by atoms with Gasteiger partial charge in [0.15, 0.2) is 0 Å². The largest absolute Gasteiger partial charge is 0.339 e. The molecule has 0 aliphatic heterocycles. The molecule has 4 nitrogen and oxygen atoms in total. The lowest BCUT2D eigenvalue weighted by Gasteiger charge is -2.02. The van der Waals surface area contributed by atoms with Crippen molar-refractivity contribution in [3.63, 3.8) is 0 Å². The predicted octanol–water partition coefficient (Wildman–Crippen LogP) is 3.22. The first kappa shape index (κ1) is 14.9. The number of rotatable bonds is 3. The van der Waals surface area contributed by atoms with E-state index in [2.05, 4.69) is 10.5 Å². The Morgan fingerprint density at radius 2 is 1.91 bits per heavy atom. The van der Waals surface area contributed by atoms with E-state index in [-0.39, 0.29) is 11.1 Å². The van der Waals surface area contributed by atoms with Gasteiger partial charge in [0.05, 0.1) is 11.7 Å². The molecule has 2 aromatic carbocycles. The van der Waals surface area contributed by atoms with E-state index in [1.54, 1.807) is 7.05 Å². The molecule has 0 saturated heterocycles. The van der Waals surface area contributed by atoms with Gasteiger partial charge in [0.1, 0.15) is 17.3 Å². The van der Waals surface area contributed by atoms with Crippen molar-refractivity contribution >= 4 is 23.0 Å². The van der Waals surface area contributed by atoms with Crippen LogP contribution < -0.4 is 5.43 Å². The fraction of sp³-hybridized carbons (Fsp3) is 0.0588. The first-order chi connectivity index (χ1) is 11.1. The lowest BCUT2D eigenvalue weighted by Crippen LogP contribution is -2.20. The number of aromatic nitrogens is 1. The maximum atomic E-state index is 13.8. The number of carbonyl (C=O) groups excluding carboxylic acids is 1. The normalized spacial score (nSPS) is 11.3. The maximum absolute atomic E-state index is 13.8. The van der Waals surface area contributed by atoms with Gasteiger partial charge in [-0.3, -0.25) is 4.79 Å². The molecule has 0 atom stereocenters. The van der Waals surface area contributed by atoms with Gasteiger partial charge in [-0.15, -0.1) is 0 Å². The summed E-state index contributed by atoms with van der Waals surface area (Å²) in [5.41, 5.74) is 3.70. The molecule has 1 heterocycles. The zero-order chi connectivity index (χ0) is 16.4. The number of nitrogens with zero attached hydrogens (tertiary/aromatic N) is 2. The molecule has 1 N–H and O–H groups in total. The number of amides is 1. The molecule has 0 aliphatic rings. The Morgan fingerprint density at radius 1 is 1.17 bits per heavy atom. The molecule has 6 heteroatoms. The molecule has 0 bridgehead atoms. The Morgan fingerprint density at radius 3 is 2.65 bits per heavy atom. The topological polar surface area (TPSA) is 46.4 Å². The summed E-state index contributed by atoms with van der Waals surface area (Å²) in [5, 5.41) is 4.05. The van der Waals surface area contributed by atoms with Gasteiger partial charge >= 0.3 is 0 Å². The number of halogens is 2. The van der Waals surface area contributed by atoms with E-state index in [1.165, 1.54) is 22.9 Å². The summed E-state index contributed by atoms with van der Waals surface area (Å²) >= 11 is 0. The molecule has 0 radical (unpaired) electrons. The van der Waals surface area contributed by atoms with E-state index < -0.39 is 17.5 Å². The van der Waals surface area contributed by atoms with Crippen molar-refractivity contribution in [1.82, 2.24) is 9.99 Å². The highest BCUT2D eigenvalue weighted by atomic mass is 19.1. The number of carbonyl (C=O) groups is 1. The minimum absolute atomic E-state index is 0.186. The Balaban J connectivity index is 1.85. The van der Waals surface area contributed by atoms with E-state index in [4.69, 9.17) is 0 Å². The van der Waals surface area contributed by atoms with Gasteiger partial charge in [-0.1, -0.05) is 30.3 Å². The van der Waals surface area contributed by atoms with Crippen molar-refractivity contribution in [3.8, 4) is 0 Å². The van der Waals surface area contributed by atoms with Crippen molar-refractivity contribution in [3.05, 3.63) is 71.4 Å². The molecular formula is C17H13F2N3O. The van der Waals surface area contributed by atoms with E-state index in [0.717, 1.165) is 11.6 Å². The molecule has 0 aliphatic carbocycles. The maximum Gasteiger partial charge on any atom is 0.287 e. The van der Waals surface area contributed by atoms with Crippen LogP contribution in [-0.2, 0) is 7.05 Å². The Kier molecular flexibility index (Phi) is 3.89. The van der Waals surface area contributed by atoms with Gasteiger partial charge in [-0.25, -0.2) is 14.2 Å². The third-order valence-corrected chi connectivity index (χ3v) is 3.49. The van der Waals surface area contributed by atoms with Crippen LogP contribution in [0, 0.1) is 11.6 Å². The van der Waals surface area contributed by atoms with Crippen LogP contribution in [0.5, 0.6) is 0 Å². The van der Waals surface area contributed by atoms with Gasteiger partial charge in [-0.2, -0.15) is 5.10 Å². The van der Waals surface area contributed by atoms with Crippen molar-refractivity contribution < 1.29 is 13.6 Å². The highest BCUT2D eigenvalue weighted by Crippen LogP contribution is 2.23.